The van der Waals surface area contributed by atoms with Gasteiger partial charge in [0.2, 0.25) is 0 Å². The second-order valence-electron chi connectivity index (χ2n) is 9.63. The lowest BCUT2D eigenvalue weighted by Crippen LogP contribution is -2.30. The average molecular weight is 372 g/mol. The van der Waals surface area contributed by atoms with Crippen LogP contribution in [-0.2, 0) is 0 Å². The highest BCUT2D eigenvalue weighted by atomic mass is 14.4. The second-order valence-corrected chi connectivity index (χ2v) is 9.63. The first-order valence-electron chi connectivity index (χ1n) is 12.3. The highest BCUT2D eigenvalue weighted by Gasteiger charge is 2.37. The van der Waals surface area contributed by atoms with Gasteiger partial charge in [-0.2, -0.15) is 5.26 Å². The third-order valence-electron chi connectivity index (χ3n) is 7.58. The van der Waals surface area contributed by atoms with E-state index in [1.54, 1.807) is 0 Å². The molecule has 2 saturated carbocycles. The Labute approximate surface area is 170 Å². The molecule has 0 unspecified atom stereocenters. The topological polar surface area (TPSA) is 23.8 Å². The van der Waals surface area contributed by atoms with Crippen molar-refractivity contribution in [2.75, 3.05) is 0 Å². The summed E-state index contributed by atoms with van der Waals surface area (Å²) in [6.07, 6.45) is 27.5. The van der Waals surface area contributed by atoms with Gasteiger partial charge in [0.1, 0.15) is 0 Å². The molecule has 2 rings (SSSR count). The van der Waals surface area contributed by atoms with Crippen LogP contribution in [0.5, 0.6) is 0 Å². The van der Waals surface area contributed by atoms with Crippen LogP contribution in [0, 0.1) is 34.5 Å². The minimum atomic E-state index is -0.139. The molecule has 0 atom stereocenters. The highest BCUT2D eigenvalue weighted by molar-refractivity contribution is 5.14. The Balaban J connectivity index is 1.66. The maximum atomic E-state index is 9.76. The molecule has 0 saturated heterocycles. The van der Waals surface area contributed by atoms with Crippen LogP contribution >= 0.6 is 0 Å². The zero-order valence-corrected chi connectivity index (χ0v) is 18.4. The van der Waals surface area contributed by atoms with Crippen molar-refractivity contribution in [2.24, 2.45) is 23.2 Å². The van der Waals surface area contributed by atoms with Crippen molar-refractivity contribution >= 4 is 0 Å². The van der Waals surface area contributed by atoms with E-state index in [9.17, 15) is 5.26 Å². The van der Waals surface area contributed by atoms with E-state index in [1.807, 2.05) is 0 Å². The Hall–Kier alpha value is -0.770. The lowest BCUT2D eigenvalue weighted by molar-refractivity contribution is 0.136. The van der Waals surface area contributed by atoms with Gasteiger partial charge in [-0.25, -0.2) is 0 Å². The summed E-state index contributed by atoms with van der Waals surface area (Å²) in [6.45, 7) is 4.54. The van der Waals surface area contributed by atoms with Gasteiger partial charge in [0, 0.05) is 0 Å². The van der Waals surface area contributed by atoms with E-state index in [0.717, 1.165) is 37.0 Å². The SMILES string of the molecule is CCCCC=C[C@]1(C#N)CC[C@@H](C2CCC(CCCCCCC)CC2)CC1. The fraction of sp³-hybridized carbons (Fsp3) is 0.885. The molecule has 0 aromatic carbocycles. The molecule has 0 bridgehead atoms. The molecule has 0 aromatic heterocycles. The van der Waals surface area contributed by atoms with Crippen LogP contribution in [0.25, 0.3) is 0 Å². The Morgan fingerprint density at radius 3 is 2.07 bits per heavy atom. The van der Waals surface area contributed by atoms with Crippen molar-refractivity contribution in [3.8, 4) is 6.07 Å². The van der Waals surface area contributed by atoms with Gasteiger partial charge in [0.05, 0.1) is 11.5 Å². The summed E-state index contributed by atoms with van der Waals surface area (Å²) in [6, 6.07) is 2.68. The zero-order valence-electron chi connectivity index (χ0n) is 18.4. The van der Waals surface area contributed by atoms with Crippen molar-refractivity contribution in [3.63, 3.8) is 0 Å². The van der Waals surface area contributed by atoms with Gasteiger partial charge < -0.3 is 0 Å². The molecule has 1 heteroatoms. The molecule has 1 nitrogen and oxygen atoms in total. The molecule has 0 N–H and O–H groups in total. The van der Waals surface area contributed by atoms with Gasteiger partial charge >= 0.3 is 0 Å². The van der Waals surface area contributed by atoms with Crippen LogP contribution in [0.15, 0.2) is 12.2 Å². The molecule has 2 aliphatic carbocycles. The lowest BCUT2D eigenvalue weighted by Gasteiger charge is -2.39. The van der Waals surface area contributed by atoms with Gasteiger partial charge in [-0.1, -0.05) is 90.2 Å². The van der Waals surface area contributed by atoms with Crippen molar-refractivity contribution in [1.29, 1.82) is 5.26 Å². The van der Waals surface area contributed by atoms with Crippen LogP contribution in [-0.4, -0.2) is 0 Å². The molecule has 0 spiro atoms. The van der Waals surface area contributed by atoms with Gasteiger partial charge in [0.15, 0.2) is 0 Å². The fourth-order valence-electron chi connectivity index (χ4n) is 5.56. The molecule has 0 radical (unpaired) electrons. The molecule has 0 aliphatic heterocycles. The zero-order chi connectivity index (χ0) is 19.4. The van der Waals surface area contributed by atoms with Gasteiger partial charge in [-0.3, -0.25) is 0 Å². The summed E-state index contributed by atoms with van der Waals surface area (Å²) in [4.78, 5) is 0. The summed E-state index contributed by atoms with van der Waals surface area (Å²) in [5, 5.41) is 9.76. The molecular weight excluding hydrogens is 326 g/mol. The minimum Gasteiger partial charge on any atom is -0.197 e. The quantitative estimate of drug-likeness (QED) is 0.263. The Bertz CT molecular complexity index is 441. The number of nitrogens with zero attached hydrogens (tertiary/aromatic N) is 1. The number of unbranched alkanes of at least 4 members (excludes halogenated alkanes) is 6. The first-order chi connectivity index (χ1) is 13.2. The number of allylic oxidation sites excluding steroid dienone is 2. The van der Waals surface area contributed by atoms with Gasteiger partial charge in [-0.05, 0) is 62.7 Å². The number of rotatable bonds is 11. The predicted octanol–water partition coefficient (Wildman–Crippen LogP) is 8.60. The maximum absolute atomic E-state index is 9.76. The van der Waals surface area contributed by atoms with E-state index in [-0.39, 0.29) is 5.41 Å². The van der Waals surface area contributed by atoms with Crippen LogP contribution in [0.4, 0.5) is 0 Å². The lowest BCUT2D eigenvalue weighted by atomic mass is 9.64. The third-order valence-corrected chi connectivity index (χ3v) is 7.58. The number of hydrogen-bond acceptors (Lipinski definition) is 1. The normalized spacial score (nSPS) is 31.8. The summed E-state index contributed by atoms with van der Waals surface area (Å²) in [7, 11) is 0. The van der Waals surface area contributed by atoms with Crippen molar-refractivity contribution in [3.05, 3.63) is 12.2 Å². The molecule has 154 valence electrons. The number of hydrogen-bond donors (Lipinski definition) is 0. The molecule has 27 heavy (non-hydrogen) atoms. The van der Waals surface area contributed by atoms with E-state index in [4.69, 9.17) is 0 Å². The number of nitriles is 1. The molecule has 0 heterocycles. The summed E-state index contributed by atoms with van der Waals surface area (Å²) in [5.74, 6) is 2.88. The van der Waals surface area contributed by atoms with Crippen LogP contribution in [0.1, 0.15) is 123 Å². The van der Waals surface area contributed by atoms with Crippen LogP contribution in [0.3, 0.4) is 0 Å². The highest BCUT2D eigenvalue weighted by Crippen LogP contribution is 2.46. The summed E-state index contributed by atoms with van der Waals surface area (Å²) < 4.78 is 0. The molecule has 2 aliphatic rings. The summed E-state index contributed by atoms with van der Waals surface area (Å²) in [5.41, 5.74) is -0.139. The maximum Gasteiger partial charge on any atom is 0.0753 e. The molecular formula is C26H45N. The van der Waals surface area contributed by atoms with E-state index in [0.29, 0.717) is 0 Å². The molecule has 0 amide bonds. The largest absolute Gasteiger partial charge is 0.197 e. The van der Waals surface area contributed by atoms with Gasteiger partial charge in [-0.15, -0.1) is 0 Å². The minimum absolute atomic E-state index is 0.139. The van der Waals surface area contributed by atoms with Gasteiger partial charge in [0.25, 0.3) is 0 Å². The molecule has 2 fully saturated rings. The predicted molar refractivity (Wildman–Crippen MR) is 117 cm³/mol. The van der Waals surface area contributed by atoms with E-state index >= 15 is 0 Å². The Morgan fingerprint density at radius 2 is 1.44 bits per heavy atom. The second kappa shape index (κ2) is 12.6. The molecule has 0 aromatic rings. The average Bonchev–Trinajstić information content (AvgIpc) is 2.72. The van der Waals surface area contributed by atoms with E-state index in [1.165, 1.54) is 89.9 Å². The first-order valence-corrected chi connectivity index (χ1v) is 12.3. The standard InChI is InChI=1S/C26H45N/c1-3-5-7-9-10-12-23-13-15-24(16-14-23)25-17-20-26(22-27,21-18-25)19-11-8-6-4-2/h11,19,23-25H,3-10,12-18,20-21H2,1-2H3/t23?,24?,25-,26+. The monoisotopic (exact) mass is 371 g/mol. The smallest absolute Gasteiger partial charge is 0.0753 e. The van der Waals surface area contributed by atoms with E-state index < -0.39 is 0 Å². The van der Waals surface area contributed by atoms with Crippen molar-refractivity contribution < 1.29 is 0 Å². The van der Waals surface area contributed by atoms with Crippen LogP contribution < -0.4 is 0 Å². The first kappa shape index (κ1) is 22.5. The Kier molecular flexibility index (Phi) is 10.5. The van der Waals surface area contributed by atoms with Crippen molar-refractivity contribution in [2.45, 2.75) is 123 Å². The van der Waals surface area contributed by atoms with E-state index in [2.05, 4.69) is 32.1 Å². The fourth-order valence-corrected chi connectivity index (χ4v) is 5.56. The Morgan fingerprint density at radius 1 is 0.815 bits per heavy atom. The van der Waals surface area contributed by atoms with Crippen LogP contribution in [0.2, 0.25) is 0 Å². The third kappa shape index (κ3) is 7.63. The summed E-state index contributed by atoms with van der Waals surface area (Å²) >= 11 is 0. The van der Waals surface area contributed by atoms with Crippen molar-refractivity contribution in [1.82, 2.24) is 0 Å².